The van der Waals surface area contributed by atoms with Gasteiger partial charge in [0.2, 0.25) is 0 Å². The largest absolute Gasteiger partial charge is 0.465 e. The molecule has 3 heterocycles. The zero-order chi connectivity index (χ0) is 23.5. The zero-order valence-corrected chi connectivity index (χ0v) is 20.4. The number of thiocarbonyl (C=S) groups is 1. The normalized spacial score (nSPS) is 17.8. The number of aryl methyl sites for hydroxylation is 1. The van der Waals surface area contributed by atoms with E-state index in [1.165, 1.54) is 12.7 Å². The minimum absolute atomic E-state index is 0.00388. The highest BCUT2D eigenvalue weighted by atomic mass is 32.1. The fraction of sp³-hybridized carbons (Fsp3) is 0.346. The Hall–Kier alpha value is -3.19. The number of esters is 1. The maximum absolute atomic E-state index is 12.5. The van der Waals surface area contributed by atoms with Crippen LogP contribution in [0.3, 0.4) is 0 Å². The number of carbonyl (C=O) groups excluding carboxylic acids is 1. The number of para-hydroxylation sites is 1. The first-order chi connectivity index (χ1) is 16.0. The molecule has 0 amide bonds. The molecule has 0 bridgehead atoms. The highest BCUT2D eigenvalue weighted by Crippen LogP contribution is 2.41. The average molecular weight is 463 g/mol. The van der Waals surface area contributed by atoms with Crippen LogP contribution in [-0.4, -0.2) is 39.2 Å². The van der Waals surface area contributed by atoms with Crippen LogP contribution in [0.25, 0.3) is 5.69 Å². The van der Waals surface area contributed by atoms with Crippen molar-refractivity contribution in [3.8, 4) is 5.69 Å². The third-order valence-electron chi connectivity index (χ3n) is 6.29. The van der Waals surface area contributed by atoms with E-state index in [0.717, 1.165) is 47.3 Å². The van der Waals surface area contributed by atoms with Gasteiger partial charge in [0.15, 0.2) is 5.11 Å². The molecule has 2 aromatic heterocycles. The van der Waals surface area contributed by atoms with Crippen molar-refractivity contribution in [2.75, 3.05) is 13.7 Å². The molecule has 0 unspecified atom stereocenters. The van der Waals surface area contributed by atoms with Gasteiger partial charge >= 0.3 is 5.97 Å². The number of nitrogens with zero attached hydrogens (tertiary/aromatic N) is 3. The van der Waals surface area contributed by atoms with Crippen LogP contribution in [-0.2, 0) is 4.74 Å². The van der Waals surface area contributed by atoms with Gasteiger partial charge in [0.05, 0.1) is 36.1 Å². The summed E-state index contributed by atoms with van der Waals surface area (Å²) in [5.74, 6) is -0.348. The second-order valence-corrected chi connectivity index (χ2v) is 8.73. The zero-order valence-electron chi connectivity index (χ0n) is 19.5. The van der Waals surface area contributed by atoms with Crippen molar-refractivity contribution >= 4 is 23.3 Å². The number of carbonyl (C=O) groups is 1. The highest BCUT2D eigenvalue weighted by molar-refractivity contribution is 7.80. The topological polar surface area (TPSA) is 59.4 Å². The Morgan fingerprint density at radius 3 is 2.64 bits per heavy atom. The summed E-state index contributed by atoms with van der Waals surface area (Å²) >= 11 is 5.77. The maximum atomic E-state index is 12.5. The van der Waals surface area contributed by atoms with Gasteiger partial charge in [0, 0.05) is 24.1 Å². The Labute approximate surface area is 200 Å². The van der Waals surface area contributed by atoms with Gasteiger partial charge in [0.1, 0.15) is 0 Å². The van der Waals surface area contributed by atoms with Crippen molar-refractivity contribution in [3.63, 3.8) is 0 Å². The summed E-state index contributed by atoms with van der Waals surface area (Å²) in [4.78, 5) is 19.4. The molecule has 3 aromatic rings. The van der Waals surface area contributed by atoms with Gasteiger partial charge < -0.3 is 19.5 Å². The fourth-order valence-corrected chi connectivity index (χ4v) is 5.05. The molecule has 7 heteroatoms. The molecule has 0 saturated carbocycles. The predicted octanol–water partition coefficient (Wildman–Crippen LogP) is 5.05. The van der Waals surface area contributed by atoms with Crippen LogP contribution < -0.4 is 5.32 Å². The summed E-state index contributed by atoms with van der Waals surface area (Å²) in [6, 6.07) is 15.7. The number of ether oxygens (including phenoxy) is 1. The first-order valence-electron chi connectivity index (χ1n) is 11.3. The lowest BCUT2D eigenvalue weighted by molar-refractivity contribution is 0.0600. The van der Waals surface area contributed by atoms with Crippen LogP contribution in [0.1, 0.15) is 64.9 Å². The Morgan fingerprint density at radius 1 is 1.18 bits per heavy atom. The average Bonchev–Trinajstić information content (AvgIpc) is 3.32. The van der Waals surface area contributed by atoms with Crippen molar-refractivity contribution in [1.29, 1.82) is 0 Å². The standard InChI is InChI=1S/C26H30N4O2S/c1-5-6-15-29-24(23(28-26(29)33)21-12-9-10-14-27-21)20-16-17(2)30(18(20)3)22-13-8-7-11-19(22)25(31)32-4/h7-14,16,23-24H,5-6,15H2,1-4H3,(H,28,33)/t23-,24-/m1/s1. The summed E-state index contributed by atoms with van der Waals surface area (Å²) in [7, 11) is 1.41. The monoisotopic (exact) mass is 462 g/mol. The Bertz CT molecular complexity index is 1160. The summed E-state index contributed by atoms with van der Waals surface area (Å²) < 4.78 is 7.17. The third kappa shape index (κ3) is 4.25. The van der Waals surface area contributed by atoms with E-state index >= 15 is 0 Å². The second kappa shape index (κ2) is 9.75. The third-order valence-corrected chi connectivity index (χ3v) is 6.64. The van der Waals surface area contributed by atoms with Crippen LogP contribution in [0, 0.1) is 13.8 Å². The van der Waals surface area contributed by atoms with E-state index in [9.17, 15) is 4.79 Å². The number of aromatic nitrogens is 2. The molecule has 1 N–H and O–H groups in total. The van der Waals surface area contributed by atoms with Gasteiger partial charge in [-0.25, -0.2) is 4.79 Å². The van der Waals surface area contributed by atoms with Gasteiger partial charge in [-0.15, -0.1) is 0 Å². The molecule has 1 saturated heterocycles. The molecule has 4 rings (SSSR count). The number of pyridine rings is 1. The molecular formula is C26H30N4O2S. The van der Waals surface area contributed by atoms with Crippen molar-refractivity contribution < 1.29 is 9.53 Å². The van der Waals surface area contributed by atoms with Gasteiger partial charge in [0.25, 0.3) is 0 Å². The number of hydrogen-bond donors (Lipinski definition) is 1. The molecule has 172 valence electrons. The van der Waals surface area contributed by atoms with Crippen LogP contribution in [0.2, 0.25) is 0 Å². The molecule has 0 aliphatic carbocycles. The molecule has 2 atom stereocenters. The van der Waals surface area contributed by atoms with Gasteiger partial charge in [-0.3, -0.25) is 4.98 Å². The number of benzene rings is 1. The summed E-state index contributed by atoms with van der Waals surface area (Å²) in [6.07, 6.45) is 3.96. The Balaban J connectivity index is 1.85. The van der Waals surface area contributed by atoms with Crippen molar-refractivity contribution in [2.45, 2.75) is 45.7 Å². The van der Waals surface area contributed by atoms with Crippen LogP contribution in [0.4, 0.5) is 0 Å². The molecule has 1 aliphatic heterocycles. The number of hydrogen-bond acceptors (Lipinski definition) is 4. The van der Waals surface area contributed by atoms with Gasteiger partial charge in [-0.2, -0.15) is 0 Å². The summed E-state index contributed by atoms with van der Waals surface area (Å²) in [5.41, 5.74) is 5.61. The van der Waals surface area contributed by atoms with Crippen LogP contribution in [0.5, 0.6) is 0 Å². The van der Waals surface area contributed by atoms with E-state index in [-0.39, 0.29) is 18.1 Å². The lowest BCUT2D eigenvalue weighted by atomic mass is 9.96. The quantitative estimate of drug-likeness (QED) is 0.392. The summed E-state index contributed by atoms with van der Waals surface area (Å²) in [5, 5.41) is 4.28. The minimum atomic E-state index is -0.348. The highest BCUT2D eigenvalue weighted by Gasteiger charge is 2.41. The molecule has 1 fully saturated rings. The first-order valence-corrected chi connectivity index (χ1v) is 11.7. The molecule has 6 nitrogen and oxygen atoms in total. The SMILES string of the molecule is CCCCN1C(=S)N[C@H](c2ccccn2)[C@H]1c1cc(C)n(-c2ccccc2C(=O)OC)c1C. The smallest absolute Gasteiger partial charge is 0.339 e. The Morgan fingerprint density at radius 2 is 1.94 bits per heavy atom. The van der Waals surface area contributed by atoms with Gasteiger partial charge in [-0.1, -0.05) is 31.5 Å². The second-order valence-electron chi connectivity index (χ2n) is 8.34. The predicted molar refractivity (Wildman–Crippen MR) is 134 cm³/mol. The number of rotatable bonds is 7. The van der Waals surface area contributed by atoms with E-state index in [2.05, 4.69) is 46.6 Å². The first kappa shape index (κ1) is 23.0. The van der Waals surface area contributed by atoms with E-state index < -0.39 is 0 Å². The molecule has 1 aromatic carbocycles. The van der Waals surface area contributed by atoms with E-state index in [1.54, 1.807) is 6.07 Å². The number of unbranched alkanes of at least 4 members (excludes halogenated alkanes) is 1. The number of nitrogens with one attached hydrogen (secondary N) is 1. The lowest BCUT2D eigenvalue weighted by Gasteiger charge is -2.28. The van der Waals surface area contributed by atoms with E-state index in [4.69, 9.17) is 17.0 Å². The van der Waals surface area contributed by atoms with Crippen molar-refractivity contribution in [1.82, 2.24) is 19.8 Å². The Kier molecular flexibility index (Phi) is 6.79. The van der Waals surface area contributed by atoms with Crippen LogP contribution >= 0.6 is 12.2 Å². The molecule has 1 aliphatic rings. The molecular weight excluding hydrogens is 432 g/mol. The van der Waals surface area contributed by atoms with Gasteiger partial charge in [-0.05, 0) is 68.4 Å². The molecule has 0 spiro atoms. The molecule has 33 heavy (non-hydrogen) atoms. The summed E-state index contributed by atoms with van der Waals surface area (Å²) in [6.45, 7) is 7.23. The van der Waals surface area contributed by atoms with Crippen molar-refractivity contribution in [2.24, 2.45) is 0 Å². The molecule has 0 radical (unpaired) electrons. The maximum Gasteiger partial charge on any atom is 0.339 e. The number of methoxy groups -OCH3 is 1. The van der Waals surface area contributed by atoms with Crippen LogP contribution in [0.15, 0.2) is 54.7 Å². The minimum Gasteiger partial charge on any atom is -0.465 e. The van der Waals surface area contributed by atoms with E-state index in [1.807, 2.05) is 42.6 Å². The fourth-order valence-electron chi connectivity index (χ4n) is 4.72. The van der Waals surface area contributed by atoms with Crippen molar-refractivity contribution in [3.05, 3.63) is 82.9 Å². The lowest BCUT2D eigenvalue weighted by Crippen LogP contribution is -2.30. The van der Waals surface area contributed by atoms with E-state index in [0.29, 0.717) is 5.56 Å².